The number of nitrogens with zero attached hydrogens (tertiary/aromatic N) is 2. The van der Waals surface area contributed by atoms with Crippen molar-refractivity contribution in [2.24, 2.45) is 0 Å². The van der Waals surface area contributed by atoms with E-state index in [0.717, 1.165) is 14.6 Å². The lowest BCUT2D eigenvalue weighted by Crippen LogP contribution is -2.41. The number of anilines is 1. The van der Waals surface area contributed by atoms with Crippen LogP contribution in [0.3, 0.4) is 0 Å². The molecule has 2 aromatic carbocycles. The van der Waals surface area contributed by atoms with Crippen molar-refractivity contribution in [3.63, 3.8) is 0 Å². The van der Waals surface area contributed by atoms with E-state index in [1.807, 2.05) is 23.1 Å². The molecule has 0 saturated carbocycles. The summed E-state index contributed by atoms with van der Waals surface area (Å²) in [5.74, 6) is 0.200. The first-order chi connectivity index (χ1) is 14.1. The summed E-state index contributed by atoms with van der Waals surface area (Å²) in [7, 11) is 0. The molecular weight excluding hydrogens is 430 g/mol. The summed E-state index contributed by atoms with van der Waals surface area (Å²) in [6.45, 7) is 2.49. The van der Waals surface area contributed by atoms with Gasteiger partial charge in [0.25, 0.3) is 5.91 Å². The SMILES string of the molecule is O=C(Nc1ccc2nc(SCC(=O)N3CCOCC3)sc2c1)c1ccccc1Cl. The number of thiazole rings is 1. The zero-order chi connectivity index (χ0) is 20.2. The van der Waals surface area contributed by atoms with Gasteiger partial charge in [0, 0.05) is 18.8 Å². The fourth-order valence-electron chi connectivity index (χ4n) is 2.91. The summed E-state index contributed by atoms with van der Waals surface area (Å²) >= 11 is 9.03. The molecule has 9 heteroatoms. The van der Waals surface area contributed by atoms with Crippen LogP contribution in [0.15, 0.2) is 46.8 Å². The Bertz CT molecular complexity index is 1050. The summed E-state index contributed by atoms with van der Waals surface area (Å²) in [6.07, 6.45) is 0. The number of ether oxygens (including phenoxy) is 1. The molecule has 29 heavy (non-hydrogen) atoms. The number of rotatable bonds is 5. The number of aromatic nitrogens is 1. The number of morpholine rings is 1. The molecule has 2 amide bonds. The molecule has 0 bridgehead atoms. The van der Waals surface area contributed by atoms with E-state index in [9.17, 15) is 9.59 Å². The van der Waals surface area contributed by atoms with Gasteiger partial charge >= 0.3 is 0 Å². The molecule has 1 saturated heterocycles. The minimum Gasteiger partial charge on any atom is -0.378 e. The normalized spacial score (nSPS) is 14.2. The van der Waals surface area contributed by atoms with Crippen molar-refractivity contribution in [3.8, 4) is 0 Å². The van der Waals surface area contributed by atoms with Crippen molar-refractivity contribution in [1.29, 1.82) is 0 Å². The Morgan fingerprint density at radius 2 is 2.00 bits per heavy atom. The molecule has 4 rings (SSSR count). The van der Waals surface area contributed by atoms with E-state index in [4.69, 9.17) is 16.3 Å². The van der Waals surface area contributed by atoms with Crippen LogP contribution in [-0.4, -0.2) is 53.8 Å². The van der Waals surface area contributed by atoms with E-state index in [1.165, 1.54) is 23.1 Å². The molecule has 1 aromatic heterocycles. The number of fused-ring (bicyclic) bond motifs is 1. The molecule has 0 aliphatic carbocycles. The second-order valence-electron chi connectivity index (χ2n) is 6.38. The third-order valence-electron chi connectivity index (χ3n) is 4.43. The Kier molecular flexibility index (Phi) is 6.34. The highest BCUT2D eigenvalue weighted by molar-refractivity contribution is 8.01. The lowest BCUT2D eigenvalue weighted by Gasteiger charge is -2.26. The predicted octanol–water partition coefficient (Wildman–Crippen LogP) is 4.15. The molecule has 0 radical (unpaired) electrons. The third-order valence-corrected chi connectivity index (χ3v) is 6.90. The van der Waals surface area contributed by atoms with Gasteiger partial charge in [-0.25, -0.2) is 4.98 Å². The highest BCUT2D eigenvalue weighted by atomic mass is 35.5. The van der Waals surface area contributed by atoms with Gasteiger partial charge in [-0.1, -0.05) is 35.5 Å². The lowest BCUT2D eigenvalue weighted by molar-refractivity contribution is -0.132. The molecular formula is C20H18ClN3O3S2. The van der Waals surface area contributed by atoms with Crippen LogP contribution in [0.1, 0.15) is 10.4 Å². The van der Waals surface area contributed by atoms with Crippen molar-refractivity contribution in [2.45, 2.75) is 4.34 Å². The molecule has 3 aromatic rings. The summed E-state index contributed by atoms with van der Waals surface area (Å²) in [5.41, 5.74) is 1.94. The monoisotopic (exact) mass is 447 g/mol. The van der Waals surface area contributed by atoms with Crippen molar-refractivity contribution in [3.05, 3.63) is 53.1 Å². The number of carbonyl (C=O) groups is 2. The van der Waals surface area contributed by atoms with Crippen LogP contribution in [0, 0.1) is 0 Å². The maximum Gasteiger partial charge on any atom is 0.257 e. The minimum atomic E-state index is -0.259. The van der Waals surface area contributed by atoms with E-state index in [2.05, 4.69) is 10.3 Å². The van der Waals surface area contributed by atoms with Crippen LogP contribution in [0.5, 0.6) is 0 Å². The van der Waals surface area contributed by atoms with Gasteiger partial charge in [-0.3, -0.25) is 9.59 Å². The van der Waals surface area contributed by atoms with Crippen LogP contribution in [0.4, 0.5) is 5.69 Å². The number of halogens is 1. The molecule has 0 spiro atoms. The molecule has 1 N–H and O–H groups in total. The lowest BCUT2D eigenvalue weighted by atomic mass is 10.2. The number of benzene rings is 2. The van der Waals surface area contributed by atoms with Crippen LogP contribution in [0.2, 0.25) is 5.02 Å². The van der Waals surface area contributed by atoms with Crippen LogP contribution in [0.25, 0.3) is 10.2 Å². The molecule has 2 heterocycles. The molecule has 150 valence electrons. The average molecular weight is 448 g/mol. The second-order valence-corrected chi connectivity index (χ2v) is 9.04. The summed E-state index contributed by atoms with van der Waals surface area (Å²) in [6, 6.07) is 12.5. The quantitative estimate of drug-likeness (QED) is 0.595. The van der Waals surface area contributed by atoms with Gasteiger partial charge < -0.3 is 15.0 Å². The first-order valence-electron chi connectivity index (χ1n) is 9.05. The molecule has 0 atom stereocenters. The Hall–Kier alpha value is -2.13. The summed E-state index contributed by atoms with van der Waals surface area (Å²) in [5, 5.41) is 3.28. The smallest absolute Gasteiger partial charge is 0.257 e. The Morgan fingerprint density at radius 3 is 2.79 bits per heavy atom. The standard InChI is InChI=1S/C20H18ClN3O3S2/c21-15-4-2-1-3-14(15)19(26)22-13-5-6-16-17(11-13)29-20(23-16)28-12-18(25)24-7-9-27-10-8-24/h1-6,11H,7-10,12H2,(H,22,26). The zero-order valence-electron chi connectivity index (χ0n) is 15.4. The van der Waals surface area contributed by atoms with Crippen molar-refractivity contribution in [1.82, 2.24) is 9.88 Å². The maximum atomic E-state index is 12.4. The zero-order valence-corrected chi connectivity index (χ0v) is 17.8. The van der Waals surface area contributed by atoms with E-state index < -0.39 is 0 Å². The first kappa shape index (κ1) is 20.2. The van der Waals surface area contributed by atoms with Crippen molar-refractivity contribution in [2.75, 3.05) is 37.4 Å². The number of carbonyl (C=O) groups excluding carboxylic acids is 2. The largest absolute Gasteiger partial charge is 0.378 e. The molecule has 0 unspecified atom stereocenters. The topological polar surface area (TPSA) is 71.5 Å². The van der Waals surface area contributed by atoms with E-state index >= 15 is 0 Å². The first-order valence-corrected chi connectivity index (χ1v) is 11.2. The van der Waals surface area contributed by atoms with E-state index in [1.54, 1.807) is 24.3 Å². The highest BCUT2D eigenvalue weighted by Crippen LogP contribution is 2.31. The van der Waals surface area contributed by atoms with Gasteiger partial charge in [0.05, 0.1) is 39.8 Å². The second kappa shape index (κ2) is 9.13. The number of hydrogen-bond acceptors (Lipinski definition) is 6. The fourth-order valence-corrected chi connectivity index (χ4v) is 5.15. The highest BCUT2D eigenvalue weighted by Gasteiger charge is 2.18. The van der Waals surface area contributed by atoms with Crippen LogP contribution >= 0.6 is 34.7 Å². The third kappa shape index (κ3) is 4.90. The number of nitrogens with one attached hydrogen (secondary N) is 1. The average Bonchev–Trinajstić information content (AvgIpc) is 3.15. The Balaban J connectivity index is 1.41. The van der Waals surface area contributed by atoms with Gasteiger partial charge in [-0.2, -0.15) is 0 Å². The number of thioether (sulfide) groups is 1. The predicted molar refractivity (Wildman–Crippen MR) is 117 cm³/mol. The van der Waals surface area contributed by atoms with Crippen LogP contribution < -0.4 is 5.32 Å². The van der Waals surface area contributed by atoms with E-state index in [0.29, 0.717) is 48.3 Å². The molecule has 1 fully saturated rings. The summed E-state index contributed by atoms with van der Waals surface area (Å²) in [4.78, 5) is 31.1. The molecule has 6 nitrogen and oxygen atoms in total. The van der Waals surface area contributed by atoms with Gasteiger partial charge in [0.15, 0.2) is 4.34 Å². The Labute approximate surface area is 181 Å². The fraction of sp³-hybridized carbons (Fsp3) is 0.250. The number of hydrogen-bond donors (Lipinski definition) is 1. The van der Waals surface area contributed by atoms with Gasteiger partial charge in [0.1, 0.15) is 0 Å². The number of amides is 2. The summed E-state index contributed by atoms with van der Waals surface area (Å²) < 4.78 is 7.05. The van der Waals surface area contributed by atoms with Gasteiger partial charge in [-0.05, 0) is 30.3 Å². The van der Waals surface area contributed by atoms with Crippen LogP contribution in [-0.2, 0) is 9.53 Å². The molecule has 1 aliphatic rings. The van der Waals surface area contributed by atoms with Gasteiger partial charge in [-0.15, -0.1) is 11.3 Å². The molecule has 1 aliphatic heterocycles. The van der Waals surface area contributed by atoms with E-state index in [-0.39, 0.29) is 11.8 Å². The maximum absolute atomic E-state index is 12.4. The van der Waals surface area contributed by atoms with Crippen molar-refractivity contribution >= 4 is 62.4 Å². The minimum absolute atomic E-state index is 0.102. The Morgan fingerprint density at radius 1 is 1.21 bits per heavy atom. The van der Waals surface area contributed by atoms with Crippen molar-refractivity contribution < 1.29 is 14.3 Å². The van der Waals surface area contributed by atoms with Gasteiger partial charge in [0.2, 0.25) is 5.91 Å².